The van der Waals surface area contributed by atoms with Crippen LogP contribution in [0.1, 0.15) is 24.8 Å². The highest BCUT2D eigenvalue weighted by Crippen LogP contribution is 2.31. The van der Waals surface area contributed by atoms with Crippen molar-refractivity contribution in [3.05, 3.63) is 22.4 Å². The van der Waals surface area contributed by atoms with Crippen LogP contribution < -0.4 is 0 Å². The van der Waals surface area contributed by atoms with Gasteiger partial charge < -0.3 is 14.7 Å². The second-order valence-corrected chi connectivity index (χ2v) is 8.55. The Balaban J connectivity index is 1.25. The van der Waals surface area contributed by atoms with E-state index in [0.717, 1.165) is 19.0 Å². The molecule has 132 valence electrons. The van der Waals surface area contributed by atoms with Crippen molar-refractivity contribution in [2.75, 3.05) is 52.4 Å². The zero-order valence-corrected chi connectivity index (χ0v) is 15.3. The van der Waals surface area contributed by atoms with Gasteiger partial charge in [-0.25, -0.2) is 0 Å². The molecule has 4 nitrogen and oxygen atoms in total. The average molecular weight is 348 g/mol. The third kappa shape index (κ3) is 3.84. The number of hydrogen-bond acceptors (Lipinski definition) is 4. The molecule has 3 fully saturated rings. The second-order valence-electron chi connectivity index (χ2n) is 7.77. The monoisotopic (exact) mass is 347 g/mol. The van der Waals surface area contributed by atoms with Crippen LogP contribution in [0.5, 0.6) is 0 Å². The molecule has 0 unspecified atom stereocenters. The Morgan fingerprint density at radius 2 is 1.83 bits per heavy atom. The number of rotatable bonds is 5. The van der Waals surface area contributed by atoms with Crippen LogP contribution in [0.25, 0.3) is 0 Å². The average Bonchev–Trinajstić information content (AvgIpc) is 3.33. The molecule has 0 radical (unpaired) electrons. The summed E-state index contributed by atoms with van der Waals surface area (Å²) in [6.07, 6.45) is 4.62. The van der Waals surface area contributed by atoms with Crippen LogP contribution in [-0.4, -0.2) is 73.0 Å². The Labute approximate surface area is 149 Å². The van der Waals surface area contributed by atoms with E-state index in [0.29, 0.717) is 18.2 Å². The molecule has 4 rings (SSSR count). The zero-order valence-electron chi connectivity index (χ0n) is 14.5. The lowest BCUT2D eigenvalue weighted by molar-refractivity contribution is -0.129. The number of thiophene rings is 1. The second kappa shape index (κ2) is 7.54. The van der Waals surface area contributed by atoms with E-state index in [9.17, 15) is 4.79 Å². The summed E-state index contributed by atoms with van der Waals surface area (Å²) in [5.74, 6) is 1.76. The van der Waals surface area contributed by atoms with Crippen molar-refractivity contribution in [3.8, 4) is 0 Å². The van der Waals surface area contributed by atoms with Gasteiger partial charge in [-0.3, -0.25) is 4.79 Å². The first kappa shape index (κ1) is 16.6. The van der Waals surface area contributed by atoms with Crippen LogP contribution in [0.3, 0.4) is 0 Å². The topological polar surface area (TPSA) is 26.8 Å². The van der Waals surface area contributed by atoms with Crippen molar-refractivity contribution in [2.24, 2.45) is 11.8 Å². The molecule has 3 aliphatic rings. The maximum atomic E-state index is 12.5. The normalized spacial score (nSPS) is 28.4. The predicted molar refractivity (Wildman–Crippen MR) is 98.3 cm³/mol. The van der Waals surface area contributed by atoms with Crippen LogP contribution in [0, 0.1) is 11.8 Å². The van der Waals surface area contributed by atoms with Crippen LogP contribution >= 0.6 is 11.3 Å². The zero-order chi connectivity index (χ0) is 16.4. The van der Waals surface area contributed by atoms with Gasteiger partial charge in [0.1, 0.15) is 0 Å². The number of fused-ring (bicyclic) bond motifs is 1. The molecular weight excluding hydrogens is 318 g/mol. The Bertz CT molecular complexity index is 541. The lowest BCUT2D eigenvalue weighted by atomic mass is 9.89. The molecule has 1 aromatic heterocycles. The fraction of sp³-hybridized carbons (Fsp3) is 0.737. The lowest BCUT2D eigenvalue weighted by Crippen LogP contribution is -2.43. The molecule has 0 aliphatic carbocycles. The predicted octanol–water partition coefficient (Wildman–Crippen LogP) is 2.17. The van der Waals surface area contributed by atoms with Crippen molar-refractivity contribution in [3.63, 3.8) is 0 Å². The highest BCUT2D eigenvalue weighted by Gasteiger charge is 2.38. The van der Waals surface area contributed by atoms with Crippen molar-refractivity contribution < 1.29 is 4.79 Å². The highest BCUT2D eigenvalue weighted by molar-refractivity contribution is 7.07. The van der Waals surface area contributed by atoms with Crippen LogP contribution in [0.15, 0.2) is 16.8 Å². The molecular formula is C19H29N3OS. The largest absolute Gasteiger partial charge is 0.342 e. The minimum absolute atomic E-state index is 0.325. The third-order valence-corrected chi connectivity index (χ3v) is 6.84. The van der Waals surface area contributed by atoms with Gasteiger partial charge in [0.25, 0.3) is 0 Å². The van der Waals surface area contributed by atoms with E-state index in [1.54, 1.807) is 11.3 Å². The van der Waals surface area contributed by atoms with E-state index < -0.39 is 0 Å². The van der Waals surface area contributed by atoms with Gasteiger partial charge in [-0.15, -0.1) is 0 Å². The summed E-state index contributed by atoms with van der Waals surface area (Å²) in [6.45, 7) is 9.43. The van der Waals surface area contributed by atoms with E-state index in [-0.39, 0.29) is 0 Å². The fourth-order valence-corrected chi connectivity index (χ4v) is 5.29. The minimum Gasteiger partial charge on any atom is -0.342 e. The van der Waals surface area contributed by atoms with Gasteiger partial charge >= 0.3 is 0 Å². The first-order valence-corrected chi connectivity index (χ1v) is 10.5. The molecule has 1 amide bonds. The summed E-state index contributed by atoms with van der Waals surface area (Å²) < 4.78 is 0. The standard InChI is InChI=1S/C19H29N3OS/c23-19(11-16-4-10-24-15-16)22-13-17-3-7-21(12-18(17)14-22)9-8-20-5-1-2-6-20/h4,10,15,17-18H,1-3,5-9,11-14H2/t17-,18+/m0/s1. The maximum Gasteiger partial charge on any atom is 0.227 e. The van der Waals surface area contributed by atoms with Gasteiger partial charge in [0, 0.05) is 32.7 Å². The van der Waals surface area contributed by atoms with Crippen LogP contribution in [-0.2, 0) is 11.2 Å². The molecule has 0 saturated carbocycles. The summed E-state index contributed by atoms with van der Waals surface area (Å²) in [5.41, 5.74) is 1.17. The number of nitrogens with zero attached hydrogens (tertiary/aromatic N) is 3. The van der Waals surface area contributed by atoms with Crippen molar-refractivity contribution in [1.82, 2.24) is 14.7 Å². The van der Waals surface area contributed by atoms with Gasteiger partial charge in [0.2, 0.25) is 5.91 Å². The molecule has 2 atom stereocenters. The number of piperidine rings is 1. The van der Waals surface area contributed by atoms with Gasteiger partial charge in [0.05, 0.1) is 6.42 Å². The van der Waals surface area contributed by atoms with E-state index in [2.05, 4.69) is 31.5 Å². The molecule has 0 N–H and O–H groups in total. The molecule has 5 heteroatoms. The molecule has 4 heterocycles. The Morgan fingerprint density at radius 1 is 1.04 bits per heavy atom. The maximum absolute atomic E-state index is 12.5. The van der Waals surface area contributed by atoms with Gasteiger partial charge in [-0.2, -0.15) is 11.3 Å². The van der Waals surface area contributed by atoms with Gasteiger partial charge in [0.15, 0.2) is 0 Å². The number of carbonyl (C=O) groups is 1. The van der Waals surface area contributed by atoms with Crippen molar-refractivity contribution >= 4 is 17.2 Å². The fourth-order valence-electron chi connectivity index (χ4n) is 4.62. The first-order chi connectivity index (χ1) is 11.8. The summed E-state index contributed by atoms with van der Waals surface area (Å²) in [5, 5.41) is 4.16. The number of hydrogen-bond donors (Lipinski definition) is 0. The van der Waals surface area contributed by atoms with E-state index in [1.165, 1.54) is 64.1 Å². The molecule has 3 aliphatic heterocycles. The number of likely N-dealkylation sites (tertiary alicyclic amines) is 3. The molecule has 0 aromatic carbocycles. The molecule has 1 aromatic rings. The lowest BCUT2D eigenvalue weighted by Gasteiger charge is -2.35. The summed E-state index contributed by atoms with van der Waals surface area (Å²) in [6, 6.07) is 2.08. The van der Waals surface area contributed by atoms with E-state index in [1.807, 2.05) is 0 Å². The number of amides is 1. The van der Waals surface area contributed by atoms with E-state index in [4.69, 9.17) is 0 Å². The molecule has 3 saturated heterocycles. The Hall–Kier alpha value is -0.910. The molecule has 24 heavy (non-hydrogen) atoms. The number of carbonyl (C=O) groups excluding carboxylic acids is 1. The highest BCUT2D eigenvalue weighted by atomic mass is 32.1. The minimum atomic E-state index is 0.325. The SMILES string of the molecule is O=C(Cc1ccsc1)N1C[C@H]2CN(CCN3CCCC3)CC[C@H]2C1. The molecule has 0 bridgehead atoms. The third-order valence-electron chi connectivity index (χ3n) is 6.10. The summed E-state index contributed by atoms with van der Waals surface area (Å²) in [4.78, 5) is 19.9. The molecule has 0 spiro atoms. The van der Waals surface area contributed by atoms with Crippen LogP contribution in [0.4, 0.5) is 0 Å². The smallest absolute Gasteiger partial charge is 0.227 e. The van der Waals surface area contributed by atoms with Crippen molar-refractivity contribution in [2.45, 2.75) is 25.7 Å². The van der Waals surface area contributed by atoms with Crippen molar-refractivity contribution in [1.29, 1.82) is 0 Å². The van der Waals surface area contributed by atoms with Crippen LogP contribution in [0.2, 0.25) is 0 Å². The van der Waals surface area contributed by atoms with Gasteiger partial charge in [-0.05, 0) is 73.1 Å². The Morgan fingerprint density at radius 3 is 2.62 bits per heavy atom. The Kier molecular flexibility index (Phi) is 5.20. The first-order valence-electron chi connectivity index (χ1n) is 9.51. The van der Waals surface area contributed by atoms with Gasteiger partial charge in [-0.1, -0.05) is 0 Å². The van der Waals surface area contributed by atoms with E-state index >= 15 is 0 Å². The summed E-state index contributed by atoms with van der Waals surface area (Å²) >= 11 is 1.68. The summed E-state index contributed by atoms with van der Waals surface area (Å²) in [7, 11) is 0. The quantitative estimate of drug-likeness (QED) is 0.817.